The van der Waals surface area contributed by atoms with Crippen molar-refractivity contribution in [3.8, 4) is 11.4 Å². The normalized spacial score (nSPS) is 18.5. The molecule has 1 aromatic carbocycles. The highest BCUT2D eigenvalue weighted by Crippen LogP contribution is 2.47. The third-order valence-corrected chi connectivity index (χ3v) is 5.97. The molecule has 1 atom stereocenters. The van der Waals surface area contributed by atoms with Crippen LogP contribution in [-0.4, -0.2) is 26.4 Å². The summed E-state index contributed by atoms with van der Waals surface area (Å²) in [6.07, 6.45) is -0.139. The minimum Gasteiger partial charge on any atom is -0.457 e. The summed E-state index contributed by atoms with van der Waals surface area (Å²) < 4.78 is 11.8. The van der Waals surface area contributed by atoms with Crippen LogP contribution in [0.2, 0.25) is 0 Å². The van der Waals surface area contributed by atoms with E-state index in [9.17, 15) is 24.5 Å². The largest absolute Gasteiger partial charge is 0.457 e. The first-order valence-electron chi connectivity index (χ1n) is 9.99. The molecule has 0 bridgehead atoms. The first kappa shape index (κ1) is 19.9. The second-order valence-corrected chi connectivity index (χ2v) is 7.74. The fourth-order valence-corrected chi connectivity index (χ4v) is 4.64. The van der Waals surface area contributed by atoms with Crippen LogP contribution < -0.4 is 5.56 Å². The average molecular weight is 435 g/mol. The molecule has 32 heavy (non-hydrogen) atoms. The van der Waals surface area contributed by atoms with Gasteiger partial charge in [-0.25, -0.2) is 9.78 Å². The summed E-state index contributed by atoms with van der Waals surface area (Å²) in [5.74, 6) is -1.77. The summed E-state index contributed by atoms with van der Waals surface area (Å²) in [5, 5.41) is 13.2. The van der Waals surface area contributed by atoms with Crippen molar-refractivity contribution >= 4 is 28.5 Å². The number of cyclic esters (lactones) is 1. The lowest BCUT2D eigenvalue weighted by atomic mass is 9.84. The van der Waals surface area contributed by atoms with Crippen molar-refractivity contribution in [2.45, 2.75) is 39.0 Å². The number of nitrogens with zero attached hydrogens (tertiary/aromatic N) is 3. The number of pyridine rings is 2. The number of rotatable bonds is 3. The van der Waals surface area contributed by atoms with Crippen molar-refractivity contribution in [1.82, 2.24) is 9.55 Å². The standard InChI is InChI=1S/C22H17N3O7/c1-3-22(32-11(2)26)16-14(10-31-21(22)28)20(27)24-9-13-8-12-6-4-5-7-15(12)23-17(13)19(24)18(16)25(29)30/h4-8H,3,9-10H2,1-2H3/t22-/m0/s1. The molecule has 2 aromatic heterocycles. The molecule has 10 nitrogen and oxygen atoms in total. The number of ether oxygens (including phenoxy) is 2. The monoisotopic (exact) mass is 435 g/mol. The van der Waals surface area contributed by atoms with Crippen molar-refractivity contribution in [2.75, 3.05) is 0 Å². The Morgan fingerprint density at radius 3 is 2.78 bits per heavy atom. The molecule has 5 rings (SSSR count). The SMILES string of the molecule is CC[C@@]1(OC(C)=O)C(=O)OCc2c1c([N+](=O)[O-])c1n(c2=O)Cc2cc3ccccc3nc2-1. The van der Waals surface area contributed by atoms with E-state index in [1.165, 1.54) is 11.5 Å². The minimum absolute atomic E-state index is 0.000759. The van der Waals surface area contributed by atoms with E-state index >= 15 is 0 Å². The Bertz CT molecular complexity index is 1430. The Hall–Kier alpha value is -4.08. The molecule has 0 radical (unpaired) electrons. The summed E-state index contributed by atoms with van der Waals surface area (Å²) >= 11 is 0. The zero-order valence-electron chi connectivity index (χ0n) is 17.2. The lowest BCUT2D eigenvalue weighted by molar-refractivity contribution is -0.386. The van der Waals surface area contributed by atoms with Crippen molar-refractivity contribution in [1.29, 1.82) is 0 Å². The van der Waals surface area contributed by atoms with Crippen LogP contribution >= 0.6 is 0 Å². The second-order valence-electron chi connectivity index (χ2n) is 7.74. The summed E-state index contributed by atoms with van der Waals surface area (Å²) in [6.45, 7) is 2.28. The van der Waals surface area contributed by atoms with Crippen molar-refractivity contribution in [2.24, 2.45) is 0 Å². The van der Waals surface area contributed by atoms with Gasteiger partial charge in [-0.05, 0) is 12.1 Å². The zero-order valence-corrected chi connectivity index (χ0v) is 17.2. The molecule has 0 spiro atoms. The number of carbonyl (C=O) groups excluding carboxylic acids is 2. The minimum atomic E-state index is -2.09. The van der Waals surface area contributed by atoms with Crippen LogP contribution in [0.3, 0.4) is 0 Å². The maximum absolute atomic E-state index is 13.4. The van der Waals surface area contributed by atoms with Crippen LogP contribution in [0.15, 0.2) is 35.1 Å². The van der Waals surface area contributed by atoms with Gasteiger partial charge in [0.2, 0.25) is 5.60 Å². The van der Waals surface area contributed by atoms with Crippen LogP contribution in [0.4, 0.5) is 5.69 Å². The highest BCUT2D eigenvalue weighted by molar-refractivity contribution is 5.91. The predicted octanol–water partition coefficient (Wildman–Crippen LogP) is 2.56. The lowest BCUT2D eigenvalue weighted by Crippen LogP contribution is -2.47. The molecule has 2 aliphatic rings. The van der Waals surface area contributed by atoms with Crippen molar-refractivity contribution in [3.05, 3.63) is 67.5 Å². The molecule has 0 unspecified atom stereocenters. The van der Waals surface area contributed by atoms with Gasteiger partial charge in [0.25, 0.3) is 5.56 Å². The molecule has 0 N–H and O–H groups in total. The van der Waals surface area contributed by atoms with Crippen molar-refractivity contribution in [3.63, 3.8) is 0 Å². The van der Waals surface area contributed by atoms with E-state index in [2.05, 4.69) is 4.98 Å². The molecule has 4 heterocycles. The summed E-state index contributed by atoms with van der Waals surface area (Å²) in [5.41, 5.74) is -1.84. The Balaban J connectivity index is 1.92. The number of hydrogen-bond donors (Lipinski definition) is 0. The van der Waals surface area contributed by atoms with Crippen molar-refractivity contribution < 1.29 is 24.0 Å². The molecule has 0 aliphatic carbocycles. The van der Waals surface area contributed by atoms with Gasteiger partial charge in [-0.1, -0.05) is 25.1 Å². The molecular weight excluding hydrogens is 418 g/mol. The Kier molecular flexibility index (Phi) is 4.16. The molecule has 0 saturated heterocycles. The van der Waals surface area contributed by atoms with E-state index in [-0.39, 0.29) is 29.8 Å². The topological polar surface area (TPSA) is 131 Å². The van der Waals surface area contributed by atoms with E-state index in [0.717, 1.165) is 12.3 Å². The molecule has 162 valence electrons. The van der Waals surface area contributed by atoms with Crippen LogP contribution in [0.5, 0.6) is 0 Å². The van der Waals surface area contributed by atoms with Gasteiger partial charge >= 0.3 is 17.6 Å². The van der Waals surface area contributed by atoms with Gasteiger partial charge in [0, 0.05) is 24.3 Å². The molecule has 0 amide bonds. The third kappa shape index (κ3) is 2.52. The molecule has 0 fully saturated rings. The maximum atomic E-state index is 13.4. The first-order valence-corrected chi connectivity index (χ1v) is 9.99. The molecule has 3 aromatic rings. The number of para-hydroxylation sites is 1. The van der Waals surface area contributed by atoms with Crippen LogP contribution in [0.25, 0.3) is 22.3 Å². The van der Waals surface area contributed by atoms with Crippen LogP contribution in [-0.2, 0) is 37.8 Å². The highest BCUT2D eigenvalue weighted by Gasteiger charge is 2.55. The molecule has 2 aliphatic heterocycles. The second kappa shape index (κ2) is 6.71. The van der Waals surface area contributed by atoms with Gasteiger partial charge in [0.05, 0.1) is 33.8 Å². The molecular formula is C22H17N3O7. The van der Waals surface area contributed by atoms with Gasteiger partial charge in [0.15, 0.2) is 0 Å². The zero-order chi connectivity index (χ0) is 22.8. The number of esters is 2. The van der Waals surface area contributed by atoms with Crippen LogP contribution in [0, 0.1) is 10.1 Å². The number of aromatic nitrogens is 2. The highest BCUT2D eigenvalue weighted by atomic mass is 16.6. The molecule has 10 heteroatoms. The van der Waals surface area contributed by atoms with Gasteiger partial charge in [0.1, 0.15) is 12.3 Å². The quantitative estimate of drug-likeness (QED) is 0.273. The van der Waals surface area contributed by atoms with Crippen LogP contribution in [0.1, 0.15) is 37.0 Å². The number of benzene rings is 1. The van der Waals surface area contributed by atoms with E-state index in [4.69, 9.17) is 9.47 Å². The Morgan fingerprint density at radius 2 is 2.09 bits per heavy atom. The number of carbonyl (C=O) groups is 2. The number of hydrogen-bond acceptors (Lipinski definition) is 8. The Labute approximate surface area is 180 Å². The maximum Gasteiger partial charge on any atom is 0.356 e. The van der Waals surface area contributed by atoms with Gasteiger partial charge in [-0.3, -0.25) is 24.3 Å². The Morgan fingerprint density at radius 1 is 1.34 bits per heavy atom. The van der Waals surface area contributed by atoms with E-state index in [1.54, 1.807) is 12.1 Å². The fourth-order valence-electron chi connectivity index (χ4n) is 4.64. The number of fused-ring (bicyclic) bond motifs is 5. The summed E-state index contributed by atoms with van der Waals surface area (Å²) in [7, 11) is 0. The predicted molar refractivity (Wildman–Crippen MR) is 111 cm³/mol. The summed E-state index contributed by atoms with van der Waals surface area (Å²) in [4.78, 5) is 54.4. The van der Waals surface area contributed by atoms with Gasteiger partial charge in [-0.2, -0.15) is 0 Å². The van der Waals surface area contributed by atoms with Gasteiger partial charge in [-0.15, -0.1) is 0 Å². The average Bonchev–Trinajstić information content (AvgIpc) is 3.12. The first-order chi connectivity index (χ1) is 15.3. The summed E-state index contributed by atoms with van der Waals surface area (Å²) in [6, 6.07) is 9.12. The fraction of sp³-hybridized carbons (Fsp3) is 0.273. The third-order valence-electron chi connectivity index (χ3n) is 5.97. The number of nitro groups is 1. The lowest BCUT2D eigenvalue weighted by Gasteiger charge is -2.34. The van der Waals surface area contributed by atoms with Gasteiger partial charge < -0.3 is 9.47 Å². The van der Waals surface area contributed by atoms with E-state index in [0.29, 0.717) is 16.8 Å². The van der Waals surface area contributed by atoms with E-state index in [1.807, 2.05) is 18.2 Å². The molecule has 0 saturated carbocycles. The van der Waals surface area contributed by atoms with E-state index < -0.39 is 40.3 Å². The smallest absolute Gasteiger partial charge is 0.356 e.